The van der Waals surface area contributed by atoms with Gasteiger partial charge >= 0.3 is 0 Å². The maximum Gasteiger partial charge on any atom is 0.242 e. The van der Waals surface area contributed by atoms with Crippen molar-refractivity contribution in [1.82, 2.24) is 15.2 Å². The summed E-state index contributed by atoms with van der Waals surface area (Å²) in [7, 11) is 1.83. The quantitative estimate of drug-likeness (QED) is 0.859. The zero-order chi connectivity index (χ0) is 13.2. The standard InChI is InChI=1S/C14H21N3O/c1-14(2,15-3)13(18)17(12-6-7-12)10-11-5-4-8-16-9-11/h4-5,8-9,12,15H,6-7,10H2,1-3H3. The lowest BCUT2D eigenvalue weighted by Crippen LogP contribution is -2.53. The van der Waals surface area contributed by atoms with Crippen LogP contribution in [0.3, 0.4) is 0 Å². The lowest BCUT2D eigenvalue weighted by atomic mass is 10.0. The van der Waals surface area contributed by atoms with Crippen molar-refractivity contribution in [2.45, 2.75) is 44.8 Å². The number of nitrogens with zero attached hydrogens (tertiary/aromatic N) is 2. The van der Waals surface area contributed by atoms with Crippen molar-refractivity contribution >= 4 is 5.91 Å². The summed E-state index contributed by atoms with van der Waals surface area (Å²) in [5.41, 5.74) is 0.579. The Morgan fingerprint density at radius 3 is 2.78 bits per heavy atom. The van der Waals surface area contributed by atoms with E-state index in [1.54, 1.807) is 6.20 Å². The molecule has 0 spiro atoms. The summed E-state index contributed by atoms with van der Waals surface area (Å²) in [5, 5.41) is 3.08. The van der Waals surface area contributed by atoms with Gasteiger partial charge in [0.15, 0.2) is 0 Å². The molecule has 0 bridgehead atoms. The van der Waals surface area contributed by atoms with Crippen molar-refractivity contribution in [3.8, 4) is 0 Å². The first-order chi connectivity index (χ1) is 8.54. The van der Waals surface area contributed by atoms with Crippen LogP contribution in [0.4, 0.5) is 0 Å². The first kappa shape index (κ1) is 13.0. The number of hydrogen-bond donors (Lipinski definition) is 1. The van der Waals surface area contributed by atoms with Gasteiger partial charge in [-0.1, -0.05) is 6.07 Å². The molecule has 18 heavy (non-hydrogen) atoms. The molecule has 1 N–H and O–H groups in total. The van der Waals surface area contributed by atoms with Crippen LogP contribution in [0.1, 0.15) is 32.3 Å². The van der Waals surface area contributed by atoms with E-state index in [0.29, 0.717) is 12.6 Å². The van der Waals surface area contributed by atoms with E-state index < -0.39 is 5.54 Å². The summed E-state index contributed by atoms with van der Waals surface area (Å²) >= 11 is 0. The summed E-state index contributed by atoms with van der Waals surface area (Å²) in [6, 6.07) is 4.33. The van der Waals surface area contributed by atoms with Crippen LogP contribution in [-0.4, -0.2) is 34.4 Å². The fourth-order valence-electron chi connectivity index (χ4n) is 1.91. The van der Waals surface area contributed by atoms with Gasteiger partial charge in [-0.15, -0.1) is 0 Å². The normalized spacial score (nSPS) is 15.5. The van der Waals surface area contributed by atoms with Crippen LogP contribution in [0.2, 0.25) is 0 Å². The topological polar surface area (TPSA) is 45.2 Å². The fourth-order valence-corrected chi connectivity index (χ4v) is 1.91. The van der Waals surface area contributed by atoms with Crippen molar-refractivity contribution < 1.29 is 4.79 Å². The third-order valence-electron chi connectivity index (χ3n) is 3.48. The molecule has 0 radical (unpaired) electrons. The van der Waals surface area contributed by atoms with Crippen LogP contribution in [0, 0.1) is 0 Å². The van der Waals surface area contributed by atoms with Crippen LogP contribution < -0.4 is 5.32 Å². The molecular formula is C14H21N3O. The van der Waals surface area contributed by atoms with Gasteiger partial charge in [0.25, 0.3) is 0 Å². The number of aromatic nitrogens is 1. The summed E-state index contributed by atoms with van der Waals surface area (Å²) in [4.78, 5) is 18.6. The molecule has 1 aliphatic carbocycles. The zero-order valence-electron chi connectivity index (χ0n) is 11.3. The average molecular weight is 247 g/mol. The van der Waals surface area contributed by atoms with Gasteiger partial charge in [-0.3, -0.25) is 9.78 Å². The Balaban J connectivity index is 2.12. The molecule has 98 valence electrons. The molecule has 4 nitrogen and oxygen atoms in total. The Bertz CT molecular complexity index is 412. The Morgan fingerprint density at radius 1 is 1.56 bits per heavy atom. The number of pyridine rings is 1. The second-order valence-corrected chi connectivity index (χ2v) is 5.40. The van der Waals surface area contributed by atoms with Gasteiger partial charge < -0.3 is 10.2 Å². The van der Waals surface area contributed by atoms with Gasteiger partial charge in [0, 0.05) is 25.0 Å². The molecule has 0 aromatic carbocycles. The molecule has 0 unspecified atom stereocenters. The molecule has 1 aromatic heterocycles. The second kappa shape index (κ2) is 5.06. The van der Waals surface area contributed by atoms with Crippen LogP contribution >= 0.6 is 0 Å². The van der Waals surface area contributed by atoms with Crippen molar-refractivity contribution in [1.29, 1.82) is 0 Å². The fraction of sp³-hybridized carbons (Fsp3) is 0.571. The van der Waals surface area contributed by atoms with Crippen molar-refractivity contribution in [2.24, 2.45) is 0 Å². The van der Waals surface area contributed by atoms with Gasteiger partial charge in [0.05, 0.1) is 5.54 Å². The third kappa shape index (κ3) is 2.88. The Hall–Kier alpha value is -1.42. The smallest absolute Gasteiger partial charge is 0.242 e. The van der Waals surface area contributed by atoms with Crippen LogP contribution in [0.25, 0.3) is 0 Å². The minimum Gasteiger partial charge on any atom is -0.334 e. The molecule has 1 saturated carbocycles. The predicted molar refractivity (Wildman–Crippen MR) is 70.9 cm³/mol. The van der Waals surface area contributed by atoms with E-state index in [1.165, 1.54) is 0 Å². The highest BCUT2D eigenvalue weighted by Crippen LogP contribution is 2.30. The molecule has 2 rings (SSSR count). The SMILES string of the molecule is CNC(C)(C)C(=O)N(Cc1cccnc1)C1CC1. The van der Waals surface area contributed by atoms with Crippen LogP contribution in [0.15, 0.2) is 24.5 Å². The number of amides is 1. The van der Waals surface area contributed by atoms with Gasteiger partial charge in [-0.25, -0.2) is 0 Å². The highest BCUT2D eigenvalue weighted by atomic mass is 16.2. The van der Waals surface area contributed by atoms with E-state index in [4.69, 9.17) is 0 Å². The van der Waals surface area contributed by atoms with Crippen LogP contribution in [-0.2, 0) is 11.3 Å². The maximum atomic E-state index is 12.5. The third-order valence-corrected chi connectivity index (χ3v) is 3.48. The van der Waals surface area contributed by atoms with Crippen molar-refractivity contribution in [3.63, 3.8) is 0 Å². The molecule has 1 amide bonds. The summed E-state index contributed by atoms with van der Waals surface area (Å²) < 4.78 is 0. The molecule has 0 atom stereocenters. The summed E-state index contributed by atoms with van der Waals surface area (Å²) in [6.07, 6.45) is 5.82. The largest absolute Gasteiger partial charge is 0.334 e. The first-order valence-electron chi connectivity index (χ1n) is 6.43. The van der Waals surface area contributed by atoms with E-state index in [1.807, 2.05) is 44.1 Å². The maximum absolute atomic E-state index is 12.5. The number of carbonyl (C=O) groups is 1. The predicted octanol–water partition coefficient (Wildman–Crippen LogP) is 1.57. The Morgan fingerprint density at radius 2 is 2.28 bits per heavy atom. The highest BCUT2D eigenvalue weighted by Gasteiger charge is 2.38. The minimum absolute atomic E-state index is 0.163. The van der Waals surface area contributed by atoms with E-state index in [-0.39, 0.29) is 5.91 Å². The van der Waals surface area contributed by atoms with Crippen molar-refractivity contribution in [2.75, 3.05) is 7.05 Å². The lowest BCUT2D eigenvalue weighted by molar-refractivity contribution is -0.138. The van der Waals surface area contributed by atoms with Gasteiger partial charge in [-0.2, -0.15) is 0 Å². The average Bonchev–Trinajstić information content (AvgIpc) is 3.20. The molecule has 1 fully saturated rings. The number of carbonyl (C=O) groups excluding carboxylic acids is 1. The monoisotopic (exact) mass is 247 g/mol. The van der Waals surface area contributed by atoms with E-state index in [2.05, 4.69) is 10.3 Å². The molecule has 1 aromatic rings. The zero-order valence-corrected chi connectivity index (χ0v) is 11.3. The van der Waals surface area contributed by atoms with E-state index >= 15 is 0 Å². The van der Waals surface area contributed by atoms with Crippen molar-refractivity contribution in [3.05, 3.63) is 30.1 Å². The molecular weight excluding hydrogens is 226 g/mol. The Kier molecular flexibility index (Phi) is 3.66. The molecule has 0 saturated heterocycles. The lowest BCUT2D eigenvalue weighted by Gasteiger charge is -2.32. The van der Waals surface area contributed by atoms with Gasteiger partial charge in [-0.05, 0) is 45.4 Å². The highest BCUT2D eigenvalue weighted by molar-refractivity contribution is 5.86. The number of rotatable bonds is 5. The van der Waals surface area contributed by atoms with E-state index in [0.717, 1.165) is 18.4 Å². The first-order valence-corrected chi connectivity index (χ1v) is 6.43. The van der Waals surface area contributed by atoms with Gasteiger partial charge in [0.1, 0.15) is 0 Å². The number of likely N-dealkylation sites (N-methyl/N-ethyl adjacent to an activating group) is 1. The summed E-state index contributed by atoms with van der Waals surface area (Å²) in [5.74, 6) is 0.163. The number of nitrogens with one attached hydrogen (secondary N) is 1. The van der Waals surface area contributed by atoms with E-state index in [9.17, 15) is 4.79 Å². The second-order valence-electron chi connectivity index (χ2n) is 5.40. The Labute approximate surface area is 108 Å². The molecule has 1 heterocycles. The molecule has 4 heteroatoms. The van der Waals surface area contributed by atoms with Gasteiger partial charge in [0.2, 0.25) is 5.91 Å². The molecule has 0 aliphatic heterocycles. The minimum atomic E-state index is -0.509. The molecule has 1 aliphatic rings. The number of hydrogen-bond acceptors (Lipinski definition) is 3. The van der Waals surface area contributed by atoms with Crippen LogP contribution in [0.5, 0.6) is 0 Å². The summed E-state index contributed by atoms with van der Waals surface area (Å²) in [6.45, 7) is 4.50.